The molecule has 10 heteroatoms. The first-order valence-electron chi connectivity index (χ1n) is 8.25. The monoisotopic (exact) mass is 405 g/mol. The Morgan fingerprint density at radius 3 is 2.85 bits per heavy atom. The number of aromatic nitrogens is 3. The average molecular weight is 406 g/mol. The van der Waals surface area contributed by atoms with Crippen molar-refractivity contribution in [2.75, 3.05) is 23.9 Å². The number of pyridine rings is 2. The van der Waals surface area contributed by atoms with E-state index in [4.69, 9.17) is 17.3 Å². The van der Waals surface area contributed by atoms with E-state index >= 15 is 0 Å². The third-order valence-electron chi connectivity index (χ3n) is 4.71. The lowest BCUT2D eigenvalue weighted by molar-refractivity contribution is 0.0695. The van der Waals surface area contributed by atoms with E-state index in [0.717, 1.165) is 0 Å². The number of carboxylic acid groups (broad SMARTS) is 1. The van der Waals surface area contributed by atoms with Gasteiger partial charge in [0.05, 0.1) is 5.39 Å². The van der Waals surface area contributed by atoms with Crippen molar-refractivity contribution in [1.29, 1.82) is 0 Å². The molecule has 0 amide bonds. The number of nitrogens with zero attached hydrogens (tertiary/aromatic N) is 4. The maximum absolute atomic E-state index is 12.6. The largest absolute Gasteiger partial charge is 0.477 e. The van der Waals surface area contributed by atoms with Gasteiger partial charge < -0.3 is 15.7 Å². The fraction of sp³-hybridized carbons (Fsp3) is 0.294. The van der Waals surface area contributed by atoms with Crippen molar-refractivity contribution >= 4 is 45.8 Å². The Morgan fingerprint density at radius 1 is 1.41 bits per heavy atom. The molecule has 1 aliphatic rings. The third kappa shape index (κ3) is 3.07. The summed E-state index contributed by atoms with van der Waals surface area (Å²) in [5.41, 5.74) is 5.60. The van der Waals surface area contributed by atoms with E-state index in [1.54, 1.807) is 28.3 Å². The van der Waals surface area contributed by atoms with Crippen LogP contribution in [-0.2, 0) is 0 Å². The summed E-state index contributed by atoms with van der Waals surface area (Å²) < 4.78 is 1.55. The normalized spacial score (nSPS) is 19.7. The number of carbonyl (C=O) groups is 1. The summed E-state index contributed by atoms with van der Waals surface area (Å²) >= 11 is 7.30. The summed E-state index contributed by atoms with van der Waals surface area (Å²) in [5.74, 6) is 0.0154. The topological polar surface area (TPSA) is 114 Å². The fourth-order valence-corrected chi connectivity index (χ4v) is 4.19. The zero-order valence-electron chi connectivity index (χ0n) is 14.1. The van der Waals surface area contributed by atoms with E-state index < -0.39 is 11.4 Å². The van der Waals surface area contributed by atoms with Gasteiger partial charge in [-0.3, -0.25) is 9.36 Å². The Balaban J connectivity index is 1.90. The first-order chi connectivity index (χ1) is 13.0. The third-order valence-corrected chi connectivity index (χ3v) is 5.87. The molecule has 3 N–H and O–H groups in total. The summed E-state index contributed by atoms with van der Waals surface area (Å²) in [6, 6.07) is 3.27. The average Bonchev–Trinajstić information content (AvgIpc) is 3.31. The molecule has 0 unspecified atom stereocenters. The number of halogens is 1. The summed E-state index contributed by atoms with van der Waals surface area (Å²) in [7, 11) is 0. The second-order valence-corrected chi connectivity index (χ2v) is 7.57. The van der Waals surface area contributed by atoms with Crippen LogP contribution in [0.3, 0.4) is 0 Å². The van der Waals surface area contributed by atoms with Gasteiger partial charge in [-0.05, 0) is 12.1 Å². The minimum atomic E-state index is -1.29. The number of nitrogens with two attached hydrogens (primary N) is 1. The standard InChI is InChI=1S/C17H16ClN5O3S/c18-5-9-6-22(8-12(9)19)13-2-1-10-14(24)11(16(25)26)7-23(15(10)21-13)17-20-3-4-27-17/h1-4,7,9,12H,5-6,8,19H2,(H,25,26)/t9-,12-/m0/s1. The summed E-state index contributed by atoms with van der Waals surface area (Å²) in [6.07, 6.45) is 2.89. The van der Waals surface area contributed by atoms with Crippen LogP contribution in [0.4, 0.5) is 5.82 Å². The van der Waals surface area contributed by atoms with E-state index in [-0.39, 0.29) is 22.9 Å². The van der Waals surface area contributed by atoms with Crippen molar-refractivity contribution in [3.05, 3.63) is 45.7 Å². The molecule has 2 atom stereocenters. The Morgan fingerprint density at radius 2 is 2.22 bits per heavy atom. The number of fused-ring (bicyclic) bond motifs is 1. The number of carboxylic acids is 1. The number of aromatic carboxylic acids is 1. The van der Waals surface area contributed by atoms with Crippen molar-refractivity contribution in [3.63, 3.8) is 0 Å². The minimum absolute atomic E-state index is 0.0458. The molecule has 4 rings (SSSR count). The highest BCUT2D eigenvalue weighted by molar-refractivity contribution is 7.12. The van der Waals surface area contributed by atoms with Crippen LogP contribution >= 0.6 is 22.9 Å². The van der Waals surface area contributed by atoms with Gasteiger partial charge in [0.25, 0.3) is 0 Å². The molecule has 27 heavy (non-hydrogen) atoms. The van der Waals surface area contributed by atoms with Gasteiger partial charge in [0, 0.05) is 48.7 Å². The highest BCUT2D eigenvalue weighted by Crippen LogP contribution is 2.25. The molecule has 0 aromatic carbocycles. The van der Waals surface area contributed by atoms with Crippen LogP contribution in [0.15, 0.2) is 34.7 Å². The number of hydrogen-bond donors (Lipinski definition) is 2. The zero-order chi connectivity index (χ0) is 19.1. The lowest BCUT2D eigenvalue weighted by Crippen LogP contribution is -2.30. The SMILES string of the molecule is N[C@H]1CN(c2ccc3c(=O)c(C(=O)O)cn(-c4nccs4)c3n2)C[C@@H]1CCl. The molecule has 3 aromatic rings. The Bertz CT molecular complexity index is 1070. The second kappa shape index (κ2) is 6.91. The van der Waals surface area contributed by atoms with E-state index in [1.165, 1.54) is 17.5 Å². The van der Waals surface area contributed by atoms with E-state index in [0.29, 0.717) is 35.6 Å². The number of anilines is 1. The molecule has 0 spiro atoms. The highest BCUT2D eigenvalue weighted by atomic mass is 35.5. The lowest BCUT2D eigenvalue weighted by Gasteiger charge is -2.18. The molecule has 0 radical (unpaired) electrons. The first kappa shape index (κ1) is 17.9. The van der Waals surface area contributed by atoms with E-state index in [1.807, 2.05) is 4.90 Å². The fourth-order valence-electron chi connectivity index (χ4n) is 3.25. The van der Waals surface area contributed by atoms with Crippen LogP contribution in [0, 0.1) is 5.92 Å². The van der Waals surface area contributed by atoms with Gasteiger partial charge in [-0.25, -0.2) is 14.8 Å². The molecule has 1 aliphatic heterocycles. The van der Waals surface area contributed by atoms with Gasteiger partial charge >= 0.3 is 5.97 Å². The molecule has 0 bridgehead atoms. The van der Waals surface area contributed by atoms with Gasteiger partial charge in [0.15, 0.2) is 10.8 Å². The van der Waals surface area contributed by atoms with E-state index in [2.05, 4.69) is 9.97 Å². The van der Waals surface area contributed by atoms with Gasteiger partial charge in [0.1, 0.15) is 11.4 Å². The predicted molar refractivity (Wildman–Crippen MR) is 104 cm³/mol. The molecule has 4 heterocycles. The minimum Gasteiger partial charge on any atom is -0.477 e. The predicted octanol–water partition coefficient (Wildman–Crippen LogP) is 1.54. The summed E-state index contributed by atoms with van der Waals surface area (Å²) in [4.78, 5) is 35.0. The van der Waals surface area contributed by atoms with Crippen LogP contribution in [0.2, 0.25) is 0 Å². The maximum atomic E-state index is 12.6. The Labute approximate surface area is 162 Å². The molecule has 1 fully saturated rings. The molecule has 0 aliphatic carbocycles. The summed E-state index contributed by atoms with van der Waals surface area (Å²) in [5, 5.41) is 11.9. The first-order valence-corrected chi connectivity index (χ1v) is 9.67. The van der Waals surface area contributed by atoms with Crippen molar-refractivity contribution in [3.8, 4) is 5.13 Å². The number of thiazole rings is 1. The number of rotatable bonds is 4. The zero-order valence-corrected chi connectivity index (χ0v) is 15.7. The Kier molecular flexibility index (Phi) is 4.58. The maximum Gasteiger partial charge on any atom is 0.341 e. The van der Waals surface area contributed by atoms with Crippen molar-refractivity contribution in [2.24, 2.45) is 11.7 Å². The van der Waals surface area contributed by atoms with Crippen molar-refractivity contribution in [1.82, 2.24) is 14.5 Å². The van der Waals surface area contributed by atoms with Crippen LogP contribution in [0.1, 0.15) is 10.4 Å². The lowest BCUT2D eigenvalue weighted by atomic mass is 10.1. The van der Waals surface area contributed by atoms with Gasteiger partial charge in [-0.2, -0.15) is 0 Å². The molecular weight excluding hydrogens is 390 g/mol. The number of hydrogen-bond acceptors (Lipinski definition) is 7. The highest BCUT2D eigenvalue weighted by Gasteiger charge is 2.30. The van der Waals surface area contributed by atoms with Crippen LogP contribution in [0.5, 0.6) is 0 Å². The summed E-state index contributed by atoms with van der Waals surface area (Å²) in [6.45, 7) is 1.29. The van der Waals surface area contributed by atoms with Crippen molar-refractivity contribution < 1.29 is 9.90 Å². The molecule has 0 saturated carbocycles. The van der Waals surface area contributed by atoms with Crippen LogP contribution < -0.4 is 16.1 Å². The molecule has 140 valence electrons. The Hall–Kier alpha value is -2.49. The van der Waals surface area contributed by atoms with Crippen molar-refractivity contribution in [2.45, 2.75) is 6.04 Å². The smallest absolute Gasteiger partial charge is 0.341 e. The molecule has 1 saturated heterocycles. The van der Waals surface area contributed by atoms with Crippen LogP contribution in [-0.4, -0.2) is 50.6 Å². The van der Waals surface area contributed by atoms with E-state index in [9.17, 15) is 14.7 Å². The van der Waals surface area contributed by atoms with Gasteiger partial charge in [-0.1, -0.05) is 0 Å². The van der Waals surface area contributed by atoms with Gasteiger partial charge in [-0.15, -0.1) is 22.9 Å². The quantitative estimate of drug-likeness (QED) is 0.632. The molecular formula is C17H16ClN5O3S. The molecule has 3 aromatic heterocycles. The molecule has 8 nitrogen and oxygen atoms in total. The number of alkyl halides is 1. The van der Waals surface area contributed by atoms with Gasteiger partial charge in [0.2, 0.25) is 5.43 Å². The second-order valence-electron chi connectivity index (χ2n) is 6.39. The van der Waals surface area contributed by atoms with Crippen LogP contribution in [0.25, 0.3) is 16.2 Å².